The molecule has 1 aromatic rings. The maximum atomic E-state index is 11.3. The minimum atomic E-state index is -3.37. The third kappa shape index (κ3) is 1.85. The van der Waals surface area contributed by atoms with E-state index in [-0.39, 0.29) is 5.03 Å². The smallest absolute Gasteiger partial charge is 0.215 e. The van der Waals surface area contributed by atoms with Gasteiger partial charge in [0.2, 0.25) is 9.84 Å². The molecule has 0 saturated heterocycles. The van der Waals surface area contributed by atoms with Crippen LogP contribution in [0.5, 0.6) is 0 Å². The van der Waals surface area contributed by atoms with Crippen molar-refractivity contribution in [2.24, 2.45) is 5.73 Å². The van der Waals surface area contributed by atoms with E-state index in [1.54, 1.807) is 0 Å². The van der Waals surface area contributed by atoms with Crippen LogP contribution in [0.15, 0.2) is 45.3 Å². The molecule has 78 valence electrons. The van der Waals surface area contributed by atoms with E-state index in [1.165, 1.54) is 6.08 Å². The van der Waals surface area contributed by atoms with Crippen LogP contribution in [-0.2, 0) is 9.84 Å². The number of sulfone groups is 1. The first-order valence-electron chi connectivity index (χ1n) is 4.19. The normalized spacial score (nSPS) is 18.5. The molecule has 0 atom stereocenters. The Balaban J connectivity index is 2.60. The van der Waals surface area contributed by atoms with E-state index in [9.17, 15) is 8.42 Å². The van der Waals surface area contributed by atoms with E-state index in [4.69, 9.17) is 5.73 Å². The van der Waals surface area contributed by atoms with Gasteiger partial charge in [-0.25, -0.2) is 8.42 Å². The molecule has 2 N–H and O–H groups in total. The molecule has 0 aromatic heterocycles. The molecule has 3 nitrogen and oxygen atoms in total. The van der Waals surface area contributed by atoms with Gasteiger partial charge in [0.15, 0.2) is 0 Å². The van der Waals surface area contributed by atoms with Crippen molar-refractivity contribution in [3.8, 4) is 0 Å². The van der Waals surface area contributed by atoms with Crippen molar-refractivity contribution in [3.63, 3.8) is 0 Å². The molecule has 1 heterocycles. The van der Waals surface area contributed by atoms with E-state index in [0.717, 1.165) is 15.4 Å². The Morgan fingerprint density at radius 2 is 2.00 bits per heavy atom. The molecule has 1 aliphatic rings. The van der Waals surface area contributed by atoms with Crippen molar-refractivity contribution >= 4 is 31.3 Å². The first kappa shape index (κ1) is 10.4. The Morgan fingerprint density at radius 3 is 2.53 bits per heavy atom. The van der Waals surface area contributed by atoms with Crippen LogP contribution in [-0.4, -0.2) is 8.42 Å². The van der Waals surface area contributed by atoms with Crippen molar-refractivity contribution in [1.82, 2.24) is 0 Å². The quantitative estimate of drug-likeness (QED) is 0.859. The number of benzene rings is 1. The summed E-state index contributed by atoms with van der Waals surface area (Å²) in [6.07, 6.45) is 1.52. The van der Waals surface area contributed by atoms with Gasteiger partial charge in [0.1, 0.15) is 5.03 Å². The maximum absolute atomic E-state index is 11.3. The number of nitrogens with two attached hydrogens (primary N) is 1. The summed E-state index contributed by atoms with van der Waals surface area (Å²) in [5.41, 5.74) is 6.90. The fourth-order valence-electron chi connectivity index (χ4n) is 1.36. The zero-order valence-corrected chi connectivity index (χ0v) is 10.0. The van der Waals surface area contributed by atoms with Crippen LogP contribution in [0.4, 0.5) is 0 Å². The molecule has 0 amide bonds. The van der Waals surface area contributed by atoms with Gasteiger partial charge in [0, 0.05) is 15.5 Å². The summed E-state index contributed by atoms with van der Waals surface area (Å²) >= 11 is 3.32. The lowest BCUT2D eigenvalue weighted by molar-refractivity contribution is 0.610. The zero-order chi connectivity index (χ0) is 11.1. The average molecular weight is 286 g/mol. The molecule has 5 heteroatoms. The lowest BCUT2D eigenvalue weighted by Crippen LogP contribution is -2.07. The van der Waals surface area contributed by atoms with E-state index < -0.39 is 9.84 Å². The number of halogens is 1. The molecule has 1 aromatic carbocycles. The van der Waals surface area contributed by atoms with Gasteiger partial charge in [-0.1, -0.05) is 28.1 Å². The highest BCUT2D eigenvalue weighted by Gasteiger charge is 2.21. The number of rotatable bonds is 1. The Hall–Kier alpha value is -1.07. The Kier molecular flexibility index (Phi) is 2.44. The molecule has 0 fully saturated rings. The SMILES string of the molecule is NC1=C(c2cccc(Br)c2)C=CS1(=O)=O. The van der Waals surface area contributed by atoms with Crippen LogP contribution in [0.3, 0.4) is 0 Å². The van der Waals surface area contributed by atoms with Gasteiger partial charge in [-0.2, -0.15) is 0 Å². The summed E-state index contributed by atoms with van der Waals surface area (Å²) in [4.78, 5) is 0. The van der Waals surface area contributed by atoms with Crippen molar-refractivity contribution in [2.45, 2.75) is 0 Å². The van der Waals surface area contributed by atoms with E-state index >= 15 is 0 Å². The molecule has 0 bridgehead atoms. The average Bonchev–Trinajstić information content (AvgIpc) is 2.42. The van der Waals surface area contributed by atoms with Gasteiger partial charge in [0.05, 0.1) is 0 Å². The van der Waals surface area contributed by atoms with Crippen molar-refractivity contribution < 1.29 is 8.42 Å². The minimum absolute atomic E-state index is 0.0828. The first-order chi connectivity index (χ1) is 7.00. The van der Waals surface area contributed by atoms with Crippen molar-refractivity contribution in [1.29, 1.82) is 0 Å². The lowest BCUT2D eigenvalue weighted by atomic mass is 10.1. The third-order valence-corrected chi connectivity index (χ3v) is 3.94. The van der Waals surface area contributed by atoms with Crippen LogP contribution >= 0.6 is 15.9 Å². The predicted molar refractivity (Wildman–Crippen MR) is 63.3 cm³/mol. The maximum Gasteiger partial charge on any atom is 0.215 e. The van der Waals surface area contributed by atoms with Gasteiger partial charge < -0.3 is 5.73 Å². The summed E-state index contributed by atoms with van der Waals surface area (Å²) < 4.78 is 23.6. The summed E-state index contributed by atoms with van der Waals surface area (Å²) in [5.74, 6) is 0. The number of allylic oxidation sites excluding steroid dienone is 2. The molecule has 15 heavy (non-hydrogen) atoms. The van der Waals surface area contributed by atoms with Gasteiger partial charge in [-0.05, 0) is 23.8 Å². The monoisotopic (exact) mass is 285 g/mol. The van der Waals surface area contributed by atoms with E-state index in [1.807, 2.05) is 24.3 Å². The second-order valence-electron chi connectivity index (χ2n) is 3.14. The molecule has 0 spiro atoms. The molecule has 1 aliphatic heterocycles. The first-order valence-corrected chi connectivity index (χ1v) is 6.53. The van der Waals surface area contributed by atoms with Crippen LogP contribution in [0.1, 0.15) is 5.56 Å². The highest BCUT2D eigenvalue weighted by atomic mass is 79.9. The zero-order valence-electron chi connectivity index (χ0n) is 7.64. The third-order valence-electron chi connectivity index (χ3n) is 2.12. The molecular formula is C10H8BrNO2S. The summed E-state index contributed by atoms with van der Waals surface area (Å²) in [6, 6.07) is 7.34. The molecule has 0 radical (unpaired) electrons. The second kappa shape index (κ2) is 3.50. The van der Waals surface area contributed by atoms with Crippen LogP contribution in [0.25, 0.3) is 5.57 Å². The van der Waals surface area contributed by atoms with E-state index in [0.29, 0.717) is 5.57 Å². The molecule has 2 rings (SSSR count). The molecule has 0 aliphatic carbocycles. The van der Waals surface area contributed by atoms with Gasteiger partial charge in [-0.15, -0.1) is 0 Å². The Bertz CT molecular complexity index is 573. The number of hydrogen-bond acceptors (Lipinski definition) is 3. The largest absolute Gasteiger partial charge is 0.389 e. The second-order valence-corrected chi connectivity index (χ2v) is 5.85. The van der Waals surface area contributed by atoms with Gasteiger partial charge in [0.25, 0.3) is 0 Å². The number of hydrogen-bond donors (Lipinski definition) is 1. The Morgan fingerprint density at radius 1 is 1.27 bits per heavy atom. The molecule has 0 unspecified atom stereocenters. The molecular weight excluding hydrogens is 278 g/mol. The predicted octanol–water partition coefficient (Wildman–Crippen LogP) is 2.02. The highest BCUT2D eigenvalue weighted by Crippen LogP contribution is 2.28. The lowest BCUT2D eigenvalue weighted by Gasteiger charge is -2.02. The van der Waals surface area contributed by atoms with E-state index in [2.05, 4.69) is 15.9 Å². The fraction of sp³-hybridized carbons (Fsp3) is 0. The fourth-order valence-corrected chi connectivity index (χ4v) is 2.71. The van der Waals surface area contributed by atoms with Crippen LogP contribution < -0.4 is 5.73 Å². The summed E-state index contributed by atoms with van der Waals surface area (Å²) in [6.45, 7) is 0. The van der Waals surface area contributed by atoms with Crippen LogP contribution in [0, 0.1) is 0 Å². The van der Waals surface area contributed by atoms with Gasteiger partial charge in [-0.3, -0.25) is 0 Å². The standard InChI is InChI=1S/C10H8BrNO2S/c11-8-3-1-2-7(6-8)9-4-5-15(13,14)10(9)12/h1-6H,12H2. The van der Waals surface area contributed by atoms with Gasteiger partial charge >= 0.3 is 0 Å². The Labute approximate surface area is 96.3 Å². The summed E-state index contributed by atoms with van der Waals surface area (Å²) in [7, 11) is -3.37. The minimum Gasteiger partial charge on any atom is -0.389 e. The van der Waals surface area contributed by atoms with Crippen molar-refractivity contribution in [2.75, 3.05) is 0 Å². The molecule has 0 saturated carbocycles. The van der Waals surface area contributed by atoms with Crippen molar-refractivity contribution in [3.05, 3.63) is 50.8 Å². The summed E-state index contributed by atoms with van der Waals surface area (Å²) in [5, 5.41) is 1.04. The highest BCUT2D eigenvalue weighted by molar-refractivity contribution is 9.10. The van der Waals surface area contributed by atoms with Crippen LogP contribution in [0.2, 0.25) is 0 Å². The topological polar surface area (TPSA) is 60.2 Å².